The van der Waals surface area contributed by atoms with Crippen LogP contribution in [0.5, 0.6) is 5.75 Å². The van der Waals surface area contributed by atoms with Gasteiger partial charge in [0.2, 0.25) is 0 Å². The summed E-state index contributed by atoms with van der Waals surface area (Å²) in [6.07, 6.45) is -4.78. The summed E-state index contributed by atoms with van der Waals surface area (Å²) in [6, 6.07) is 7.78. The van der Waals surface area contributed by atoms with Gasteiger partial charge in [0.25, 0.3) is 0 Å². The third kappa shape index (κ3) is 8.25. The molecule has 0 amide bonds. The van der Waals surface area contributed by atoms with Gasteiger partial charge in [-0.3, -0.25) is 0 Å². The first-order chi connectivity index (χ1) is 22.3. The van der Waals surface area contributed by atoms with Gasteiger partial charge in [0.05, 0.1) is 19.1 Å². The Morgan fingerprint density at radius 2 is 1.40 bits per heavy atom. The molecule has 0 bridgehead atoms. The van der Waals surface area contributed by atoms with Gasteiger partial charge >= 0.3 is 12.3 Å². The van der Waals surface area contributed by atoms with E-state index in [1.807, 2.05) is 0 Å². The molecule has 1 saturated carbocycles. The van der Waals surface area contributed by atoms with E-state index in [9.17, 15) is 26.3 Å². The summed E-state index contributed by atoms with van der Waals surface area (Å²) >= 11 is 0. The van der Waals surface area contributed by atoms with Gasteiger partial charge in [-0.2, -0.15) is 22.0 Å². The van der Waals surface area contributed by atoms with Gasteiger partial charge < -0.3 is 14.2 Å². The van der Waals surface area contributed by atoms with Crippen LogP contribution in [0.3, 0.4) is 0 Å². The van der Waals surface area contributed by atoms with Gasteiger partial charge in [-0.25, -0.2) is 17.6 Å². The van der Waals surface area contributed by atoms with Gasteiger partial charge in [-0.05, 0) is 79.5 Å². The molecule has 5 rings (SSSR count). The Morgan fingerprint density at radius 3 is 1.98 bits per heavy atom. The van der Waals surface area contributed by atoms with E-state index in [1.165, 1.54) is 6.07 Å². The molecule has 1 aliphatic heterocycles. The number of rotatable bonds is 10. The number of benzene rings is 3. The van der Waals surface area contributed by atoms with E-state index in [0.29, 0.717) is 48.5 Å². The molecule has 2 aliphatic rings. The van der Waals surface area contributed by atoms with Gasteiger partial charge in [0.1, 0.15) is 34.6 Å². The van der Waals surface area contributed by atoms with Crippen LogP contribution in [0.15, 0.2) is 48.5 Å². The second-order valence-corrected chi connectivity index (χ2v) is 12.3. The molecule has 256 valence electrons. The fourth-order valence-corrected chi connectivity index (χ4v) is 6.38. The molecule has 3 aromatic carbocycles. The number of alkyl halides is 5. The molecule has 3 aromatic rings. The van der Waals surface area contributed by atoms with Crippen LogP contribution < -0.4 is 4.74 Å². The van der Waals surface area contributed by atoms with Gasteiger partial charge in [-0.15, -0.1) is 0 Å². The maximum atomic E-state index is 15.2. The molecule has 0 radical (unpaired) electrons. The van der Waals surface area contributed by atoms with Crippen molar-refractivity contribution in [2.45, 2.75) is 82.8 Å². The Bertz CT molecular complexity index is 1500. The number of hydrogen-bond donors (Lipinski definition) is 0. The zero-order chi connectivity index (χ0) is 33.9. The maximum Gasteiger partial charge on any atom is 0.422 e. The van der Waals surface area contributed by atoms with Crippen LogP contribution in [0.1, 0.15) is 87.2 Å². The first kappa shape index (κ1) is 35.1. The van der Waals surface area contributed by atoms with Crippen LogP contribution in [0.4, 0.5) is 39.5 Å². The highest BCUT2D eigenvalue weighted by atomic mass is 19.4. The van der Waals surface area contributed by atoms with Crippen LogP contribution in [0, 0.1) is 35.1 Å². The van der Waals surface area contributed by atoms with E-state index in [2.05, 4.69) is 6.92 Å². The lowest BCUT2D eigenvalue weighted by molar-refractivity contribution is -0.222. The molecule has 0 N–H and O–H groups in total. The van der Waals surface area contributed by atoms with Crippen molar-refractivity contribution in [1.82, 2.24) is 0 Å². The highest BCUT2D eigenvalue weighted by Crippen LogP contribution is 2.45. The largest absolute Gasteiger partial charge is 0.432 e. The van der Waals surface area contributed by atoms with E-state index in [0.717, 1.165) is 37.8 Å². The predicted molar refractivity (Wildman–Crippen MR) is 156 cm³/mol. The monoisotopic (exact) mass is 674 g/mol. The fourth-order valence-electron chi connectivity index (χ4n) is 6.38. The molecule has 0 atom stereocenters. The average molecular weight is 675 g/mol. The molecule has 0 spiro atoms. The molecular formula is C35H35F9O3. The molecule has 1 saturated heterocycles. The zero-order valence-corrected chi connectivity index (χ0v) is 25.6. The van der Waals surface area contributed by atoms with Crippen molar-refractivity contribution in [2.24, 2.45) is 11.8 Å². The first-order valence-corrected chi connectivity index (χ1v) is 15.7. The van der Waals surface area contributed by atoms with E-state index in [-0.39, 0.29) is 31.6 Å². The smallest absolute Gasteiger partial charge is 0.422 e. The second kappa shape index (κ2) is 14.5. The summed E-state index contributed by atoms with van der Waals surface area (Å²) in [6.45, 7) is 3.21. The highest BCUT2D eigenvalue weighted by Gasteiger charge is 2.44. The van der Waals surface area contributed by atoms with Crippen LogP contribution >= 0.6 is 0 Å². The van der Waals surface area contributed by atoms with E-state index in [1.54, 1.807) is 12.1 Å². The third-order valence-corrected chi connectivity index (χ3v) is 8.95. The molecule has 0 aromatic heterocycles. The number of unbranched alkanes of at least 4 members (excludes halogenated alkanes) is 2. The topological polar surface area (TPSA) is 27.7 Å². The third-order valence-electron chi connectivity index (χ3n) is 8.95. The normalized spacial score (nSPS) is 22.3. The van der Waals surface area contributed by atoms with E-state index < -0.39 is 70.2 Å². The highest BCUT2D eigenvalue weighted by molar-refractivity contribution is 5.66. The average Bonchev–Trinajstić information content (AvgIpc) is 3.00. The van der Waals surface area contributed by atoms with Gasteiger partial charge in [-0.1, -0.05) is 38.3 Å². The summed E-state index contributed by atoms with van der Waals surface area (Å²) in [4.78, 5) is 0. The Hall–Kier alpha value is -3.25. The Morgan fingerprint density at radius 1 is 0.745 bits per heavy atom. The molecule has 0 unspecified atom stereocenters. The van der Waals surface area contributed by atoms with Crippen molar-refractivity contribution in [3.63, 3.8) is 0 Å². The molecule has 47 heavy (non-hydrogen) atoms. The van der Waals surface area contributed by atoms with Crippen LogP contribution in [-0.4, -0.2) is 19.3 Å². The van der Waals surface area contributed by atoms with E-state index >= 15 is 13.2 Å². The molecule has 3 nitrogen and oxygen atoms in total. The van der Waals surface area contributed by atoms with Crippen LogP contribution in [0.25, 0.3) is 11.1 Å². The lowest BCUT2D eigenvalue weighted by atomic mass is 9.78. The molecule has 1 heterocycles. The number of halogens is 9. The molecule has 1 aliphatic carbocycles. The maximum absolute atomic E-state index is 15.2. The summed E-state index contributed by atoms with van der Waals surface area (Å²) in [7, 11) is 0. The Balaban J connectivity index is 1.17. The minimum absolute atomic E-state index is 0.00218. The van der Waals surface area contributed by atoms with E-state index in [4.69, 9.17) is 14.2 Å². The molecule has 12 heteroatoms. The fraction of sp³-hybridized carbons (Fsp3) is 0.486. The quantitative estimate of drug-likeness (QED) is 0.158. The van der Waals surface area contributed by atoms with Crippen molar-refractivity contribution >= 4 is 0 Å². The summed E-state index contributed by atoms with van der Waals surface area (Å²) < 4.78 is 143. The number of hydrogen-bond acceptors (Lipinski definition) is 3. The summed E-state index contributed by atoms with van der Waals surface area (Å²) in [5.74, 6) is -7.39. The first-order valence-electron chi connectivity index (χ1n) is 15.7. The standard InChI is InChI=1S/C35H35F9O3/c1-2-3-4-5-20-18-45-33(46-19-20)22-8-12-26(28(36)14-22)21-6-9-24(10-7-21)35(43,44)47-25-11-13-27(29(37)17-25)23-15-30(38)32(31(39)16-23)34(40,41)42/h8,11-17,20-21,24,33H,2-7,9-10,18-19H2,1H3. The lowest BCUT2D eigenvalue weighted by Gasteiger charge is -2.34. The lowest BCUT2D eigenvalue weighted by Crippen LogP contribution is -2.37. The van der Waals surface area contributed by atoms with Gasteiger partial charge in [0.15, 0.2) is 6.29 Å². The molecule has 2 fully saturated rings. The SMILES string of the molecule is CCCCCC1COC(c2ccc(C3CCC(C(F)(F)Oc4ccc(-c5cc(F)c(C(F)(F)F)c(F)c5)c(F)c4)CC3)c(F)c2)OC1. The zero-order valence-electron chi connectivity index (χ0n) is 25.6. The van der Waals surface area contributed by atoms with Gasteiger partial charge in [0, 0.05) is 23.1 Å². The summed E-state index contributed by atoms with van der Waals surface area (Å²) in [5.41, 5.74) is -2.20. The summed E-state index contributed by atoms with van der Waals surface area (Å²) in [5, 5.41) is 0. The van der Waals surface area contributed by atoms with Crippen molar-refractivity contribution in [2.75, 3.05) is 13.2 Å². The minimum atomic E-state index is -5.30. The van der Waals surface area contributed by atoms with Crippen LogP contribution in [0.2, 0.25) is 0 Å². The predicted octanol–water partition coefficient (Wildman–Crippen LogP) is 11.1. The van der Waals surface area contributed by atoms with Crippen molar-refractivity contribution in [3.05, 3.63) is 88.5 Å². The van der Waals surface area contributed by atoms with Crippen LogP contribution in [-0.2, 0) is 15.7 Å². The van der Waals surface area contributed by atoms with Crippen molar-refractivity contribution in [1.29, 1.82) is 0 Å². The minimum Gasteiger partial charge on any atom is -0.432 e. The van der Waals surface area contributed by atoms with Crippen molar-refractivity contribution < 1.29 is 53.7 Å². The van der Waals surface area contributed by atoms with Crippen molar-refractivity contribution in [3.8, 4) is 16.9 Å². The molecular weight excluding hydrogens is 639 g/mol. The Labute approximate surface area is 267 Å². The number of ether oxygens (including phenoxy) is 3. The second-order valence-electron chi connectivity index (χ2n) is 12.3. The Kier molecular flexibility index (Phi) is 10.8.